The predicted octanol–water partition coefficient (Wildman–Crippen LogP) is 3.91. The molecule has 1 fully saturated rings. The molecule has 0 bridgehead atoms. The van der Waals surface area contributed by atoms with Crippen molar-refractivity contribution < 1.29 is 0 Å². The Balaban J connectivity index is 2.19. The quantitative estimate of drug-likeness (QED) is 0.829. The van der Waals surface area contributed by atoms with Crippen molar-refractivity contribution in [2.45, 2.75) is 18.9 Å². The molecule has 1 saturated heterocycles. The molecule has 0 radical (unpaired) electrons. The lowest BCUT2D eigenvalue weighted by Gasteiger charge is -2.35. The SMILES string of the molecule is C=CCC[C@H](c1ccc(Cl)c(Cl)c1)N1CCNCC1. The fraction of sp³-hybridized carbons (Fsp3) is 0.467. The highest BCUT2D eigenvalue weighted by Crippen LogP contribution is 2.31. The number of rotatable bonds is 5. The van der Waals surface area contributed by atoms with Crippen LogP contribution in [0.5, 0.6) is 0 Å². The number of halogens is 2. The van der Waals surface area contributed by atoms with Gasteiger partial charge in [0.25, 0.3) is 0 Å². The van der Waals surface area contributed by atoms with Gasteiger partial charge in [0.2, 0.25) is 0 Å². The summed E-state index contributed by atoms with van der Waals surface area (Å²) in [6.45, 7) is 8.06. The first kappa shape index (κ1) is 14.9. The van der Waals surface area contributed by atoms with Crippen LogP contribution in [-0.4, -0.2) is 31.1 Å². The molecule has 0 saturated carbocycles. The van der Waals surface area contributed by atoms with Gasteiger partial charge in [-0.2, -0.15) is 0 Å². The van der Waals surface area contributed by atoms with E-state index in [1.807, 2.05) is 18.2 Å². The Kier molecular flexibility index (Phi) is 5.71. The average molecular weight is 299 g/mol. The number of benzene rings is 1. The number of allylic oxidation sites excluding steroid dienone is 1. The second kappa shape index (κ2) is 7.30. The van der Waals surface area contributed by atoms with Crippen molar-refractivity contribution in [3.05, 3.63) is 46.5 Å². The van der Waals surface area contributed by atoms with Gasteiger partial charge in [-0.1, -0.05) is 35.3 Å². The van der Waals surface area contributed by atoms with Crippen molar-refractivity contribution >= 4 is 23.2 Å². The van der Waals surface area contributed by atoms with E-state index < -0.39 is 0 Å². The van der Waals surface area contributed by atoms with Crippen LogP contribution in [-0.2, 0) is 0 Å². The third-order valence-electron chi connectivity index (χ3n) is 3.57. The normalized spacial score (nSPS) is 18.2. The molecule has 0 aromatic heterocycles. The summed E-state index contributed by atoms with van der Waals surface area (Å²) in [5, 5.41) is 4.64. The van der Waals surface area contributed by atoms with E-state index in [2.05, 4.69) is 22.9 Å². The van der Waals surface area contributed by atoms with Gasteiger partial charge >= 0.3 is 0 Å². The van der Waals surface area contributed by atoms with Crippen molar-refractivity contribution in [2.75, 3.05) is 26.2 Å². The number of hydrogen-bond donors (Lipinski definition) is 1. The summed E-state index contributed by atoms with van der Waals surface area (Å²) in [5.74, 6) is 0. The Labute approximate surface area is 125 Å². The first-order valence-electron chi connectivity index (χ1n) is 6.73. The molecule has 1 aromatic rings. The van der Waals surface area contributed by atoms with Gasteiger partial charge in [0, 0.05) is 32.2 Å². The van der Waals surface area contributed by atoms with Crippen LogP contribution in [0, 0.1) is 0 Å². The molecular formula is C15H20Cl2N2. The highest BCUT2D eigenvalue weighted by molar-refractivity contribution is 6.42. The maximum Gasteiger partial charge on any atom is 0.0595 e. The highest BCUT2D eigenvalue weighted by Gasteiger charge is 2.21. The Hall–Kier alpha value is -0.540. The molecule has 0 aliphatic carbocycles. The standard InChI is InChI=1S/C15H20Cl2N2/c1-2-3-4-15(19-9-7-18-8-10-19)12-5-6-13(16)14(17)11-12/h2,5-6,11,15,18H,1,3-4,7-10H2/t15-/m1/s1. The molecule has 1 heterocycles. The first-order chi connectivity index (χ1) is 9.22. The maximum absolute atomic E-state index is 6.15. The van der Waals surface area contributed by atoms with Crippen LogP contribution in [0.2, 0.25) is 10.0 Å². The molecule has 1 atom stereocenters. The van der Waals surface area contributed by atoms with Crippen LogP contribution in [0.1, 0.15) is 24.4 Å². The van der Waals surface area contributed by atoms with Crippen molar-refractivity contribution in [3.8, 4) is 0 Å². The molecule has 2 rings (SSSR count). The monoisotopic (exact) mass is 298 g/mol. The summed E-state index contributed by atoms with van der Waals surface area (Å²) in [7, 11) is 0. The molecule has 0 amide bonds. The molecular weight excluding hydrogens is 279 g/mol. The number of nitrogens with one attached hydrogen (secondary N) is 1. The van der Waals surface area contributed by atoms with Crippen LogP contribution >= 0.6 is 23.2 Å². The number of nitrogens with zero attached hydrogens (tertiary/aromatic N) is 1. The Morgan fingerprint density at radius 1 is 1.26 bits per heavy atom. The average Bonchev–Trinajstić information content (AvgIpc) is 2.44. The second-order valence-corrected chi connectivity index (χ2v) is 5.66. The zero-order valence-electron chi connectivity index (χ0n) is 11.0. The van der Waals surface area contributed by atoms with Gasteiger partial charge in [-0.05, 0) is 30.5 Å². The highest BCUT2D eigenvalue weighted by atomic mass is 35.5. The van der Waals surface area contributed by atoms with Gasteiger partial charge in [-0.3, -0.25) is 4.90 Å². The smallest absolute Gasteiger partial charge is 0.0595 e. The Bertz CT molecular complexity index is 428. The van der Waals surface area contributed by atoms with Gasteiger partial charge in [0.05, 0.1) is 10.0 Å². The van der Waals surface area contributed by atoms with Gasteiger partial charge in [0.1, 0.15) is 0 Å². The predicted molar refractivity (Wildman–Crippen MR) is 83.1 cm³/mol. The second-order valence-electron chi connectivity index (χ2n) is 4.84. The van der Waals surface area contributed by atoms with Crippen LogP contribution in [0.15, 0.2) is 30.9 Å². The Morgan fingerprint density at radius 2 is 2.00 bits per heavy atom. The first-order valence-corrected chi connectivity index (χ1v) is 7.48. The molecule has 19 heavy (non-hydrogen) atoms. The molecule has 1 aliphatic rings. The van der Waals surface area contributed by atoms with Crippen molar-refractivity contribution in [3.63, 3.8) is 0 Å². The van der Waals surface area contributed by atoms with Gasteiger partial charge in [-0.25, -0.2) is 0 Å². The largest absolute Gasteiger partial charge is 0.314 e. The molecule has 1 aromatic carbocycles. The molecule has 0 unspecified atom stereocenters. The van der Waals surface area contributed by atoms with E-state index >= 15 is 0 Å². The van der Waals surface area contributed by atoms with Crippen LogP contribution < -0.4 is 5.32 Å². The summed E-state index contributed by atoms with van der Waals surface area (Å²) in [6.07, 6.45) is 4.06. The van der Waals surface area contributed by atoms with E-state index in [-0.39, 0.29) is 0 Å². The zero-order valence-corrected chi connectivity index (χ0v) is 12.6. The summed E-state index contributed by atoms with van der Waals surface area (Å²) < 4.78 is 0. The van der Waals surface area contributed by atoms with Gasteiger partial charge in [-0.15, -0.1) is 6.58 Å². The minimum Gasteiger partial charge on any atom is -0.314 e. The summed E-state index contributed by atoms with van der Waals surface area (Å²) in [5.41, 5.74) is 1.25. The Morgan fingerprint density at radius 3 is 2.63 bits per heavy atom. The van der Waals surface area contributed by atoms with Crippen molar-refractivity contribution in [1.29, 1.82) is 0 Å². The van der Waals surface area contributed by atoms with E-state index in [1.54, 1.807) is 0 Å². The van der Waals surface area contributed by atoms with Crippen molar-refractivity contribution in [1.82, 2.24) is 10.2 Å². The van der Waals surface area contributed by atoms with E-state index in [9.17, 15) is 0 Å². The van der Waals surface area contributed by atoms with Crippen molar-refractivity contribution in [2.24, 2.45) is 0 Å². The molecule has 1 N–H and O–H groups in total. The molecule has 2 nitrogen and oxygen atoms in total. The van der Waals surface area contributed by atoms with E-state index in [0.717, 1.165) is 39.0 Å². The van der Waals surface area contributed by atoms with E-state index in [4.69, 9.17) is 23.2 Å². The summed E-state index contributed by atoms with van der Waals surface area (Å²) in [4.78, 5) is 2.51. The maximum atomic E-state index is 6.15. The topological polar surface area (TPSA) is 15.3 Å². The van der Waals surface area contributed by atoms with Gasteiger partial charge < -0.3 is 5.32 Å². The minimum absolute atomic E-state index is 0.398. The third-order valence-corrected chi connectivity index (χ3v) is 4.30. The lowest BCUT2D eigenvalue weighted by atomic mass is 9.99. The van der Waals surface area contributed by atoms with E-state index in [1.165, 1.54) is 5.56 Å². The summed E-state index contributed by atoms with van der Waals surface area (Å²) >= 11 is 12.2. The van der Waals surface area contributed by atoms with E-state index in [0.29, 0.717) is 16.1 Å². The molecule has 104 valence electrons. The molecule has 1 aliphatic heterocycles. The van der Waals surface area contributed by atoms with Crippen LogP contribution in [0.3, 0.4) is 0 Å². The molecule has 0 spiro atoms. The lowest BCUT2D eigenvalue weighted by molar-refractivity contribution is 0.166. The van der Waals surface area contributed by atoms with Crippen LogP contribution in [0.25, 0.3) is 0 Å². The fourth-order valence-electron chi connectivity index (χ4n) is 2.55. The minimum atomic E-state index is 0.398. The van der Waals surface area contributed by atoms with Crippen LogP contribution in [0.4, 0.5) is 0 Å². The third kappa shape index (κ3) is 3.96. The zero-order chi connectivity index (χ0) is 13.7. The fourth-order valence-corrected chi connectivity index (χ4v) is 2.86. The van der Waals surface area contributed by atoms with Gasteiger partial charge in [0.15, 0.2) is 0 Å². The number of piperazine rings is 1. The lowest BCUT2D eigenvalue weighted by Crippen LogP contribution is -2.45. The summed E-state index contributed by atoms with van der Waals surface area (Å²) in [6, 6.07) is 6.38. The number of hydrogen-bond acceptors (Lipinski definition) is 2. The molecule has 4 heteroatoms.